The number of nitrogens with one attached hydrogen (secondary N) is 4. The Kier molecular flexibility index (Phi) is 26.7. The standard InChI is InChI=1S/C65H88N10O10/c1-79-50-31-26-46(27-32-50)43-67-64-70-63(71-65(72-64)68-44-47-28-33-51(80-2)34-29-47)66-38-40-85-59(78)25-21-17-15-13-11-9-7-8-10-12-14-16-19-23-49-45-75(74-73-49)39-22-18-20-24-58(77)69-54-36-30-48-41-57(82-4)61(83-5)62(84-6)60(48)52-35-37-56(81-3)55(76)42-53(52)54/h26-29,31-35,37,41-42,45,54H,7-25,30,36,38-40,43-44H2,1-6H3,(H,69,77)(H3,66,67,68,70,71,72)/t54-/m0/s1. The van der Waals surface area contributed by atoms with Crippen LogP contribution in [-0.4, -0.2) is 97.6 Å². The summed E-state index contributed by atoms with van der Waals surface area (Å²) in [5.41, 5.74) is 6.08. The number of esters is 1. The number of ether oxygens (including phenoxy) is 7. The van der Waals surface area contributed by atoms with Crippen LogP contribution in [0.2, 0.25) is 0 Å². The van der Waals surface area contributed by atoms with Crippen LogP contribution in [0.1, 0.15) is 156 Å². The predicted octanol–water partition coefficient (Wildman–Crippen LogP) is 11.8. The zero-order valence-electron chi connectivity index (χ0n) is 50.7. The van der Waals surface area contributed by atoms with Crippen LogP contribution in [0.15, 0.2) is 83.8 Å². The summed E-state index contributed by atoms with van der Waals surface area (Å²) in [5.74, 6) is 4.24. The molecule has 2 heterocycles. The van der Waals surface area contributed by atoms with E-state index >= 15 is 0 Å². The van der Waals surface area contributed by atoms with Crippen LogP contribution in [0, 0.1) is 0 Å². The summed E-state index contributed by atoms with van der Waals surface area (Å²) in [4.78, 5) is 52.9. The van der Waals surface area contributed by atoms with E-state index in [0.717, 1.165) is 103 Å². The van der Waals surface area contributed by atoms with E-state index in [1.54, 1.807) is 47.7 Å². The lowest BCUT2D eigenvalue weighted by Gasteiger charge is -2.20. The molecule has 4 aromatic carbocycles. The first-order valence-corrected chi connectivity index (χ1v) is 30.2. The van der Waals surface area contributed by atoms with Gasteiger partial charge in [-0.3, -0.25) is 19.1 Å². The number of nitrogens with zero attached hydrogens (tertiary/aromatic N) is 6. The average molecular weight is 1170 g/mol. The van der Waals surface area contributed by atoms with Crippen molar-refractivity contribution in [1.29, 1.82) is 0 Å². The number of fused-ring (bicyclic) bond motifs is 3. The maximum absolute atomic E-state index is 13.4. The highest BCUT2D eigenvalue weighted by atomic mass is 16.5. The molecule has 0 spiro atoms. The van der Waals surface area contributed by atoms with Gasteiger partial charge in [0.2, 0.25) is 34.9 Å². The smallest absolute Gasteiger partial charge is 0.305 e. The van der Waals surface area contributed by atoms with Gasteiger partial charge < -0.3 is 54.4 Å². The molecule has 7 rings (SSSR count). The van der Waals surface area contributed by atoms with Gasteiger partial charge in [0.1, 0.15) is 18.1 Å². The van der Waals surface area contributed by atoms with Crippen LogP contribution in [0.5, 0.6) is 34.5 Å². The molecule has 0 unspecified atom stereocenters. The van der Waals surface area contributed by atoms with E-state index in [0.29, 0.717) is 86.0 Å². The van der Waals surface area contributed by atoms with Crippen LogP contribution in [0.4, 0.5) is 17.8 Å². The topological polar surface area (TPSA) is 233 Å². The van der Waals surface area contributed by atoms with E-state index in [1.165, 1.54) is 64.9 Å². The van der Waals surface area contributed by atoms with Gasteiger partial charge in [-0.15, -0.1) is 5.10 Å². The number of aromatic nitrogens is 6. The van der Waals surface area contributed by atoms with Gasteiger partial charge in [-0.2, -0.15) is 15.0 Å². The molecule has 1 aliphatic carbocycles. The zero-order chi connectivity index (χ0) is 60.0. The Morgan fingerprint density at radius 3 is 1.71 bits per heavy atom. The van der Waals surface area contributed by atoms with Crippen LogP contribution in [-0.2, 0) is 46.8 Å². The first-order chi connectivity index (χ1) is 41.6. The number of aryl methyl sites for hydroxylation is 3. The van der Waals surface area contributed by atoms with Crippen molar-refractivity contribution in [3.63, 3.8) is 0 Å². The van der Waals surface area contributed by atoms with Crippen molar-refractivity contribution < 1.29 is 42.7 Å². The van der Waals surface area contributed by atoms with Gasteiger partial charge in [-0.25, -0.2) is 0 Å². The van der Waals surface area contributed by atoms with Gasteiger partial charge in [0, 0.05) is 44.2 Å². The minimum absolute atomic E-state index is 0.0613. The van der Waals surface area contributed by atoms with Crippen molar-refractivity contribution in [3.8, 4) is 45.6 Å². The third-order valence-corrected chi connectivity index (χ3v) is 15.2. The molecule has 20 heteroatoms. The Labute approximate surface area is 500 Å². The Morgan fingerprint density at radius 1 is 0.576 bits per heavy atom. The predicted molar refractivity (Wildman–Crippen MR) is 330 cm³/mol. The lowest BCUT2D eigenvalue weighted by Crippen LogP contribution is -2.28. The summed E-state index contributed by atoms with van der Waals surface area (Å²) in [6, 6.07) is 22.2. The van der Waals surface area contributed by atoms with Crippen LogP contribution < -0.4 is 55.1 Å². The second kappa shape index (κ2) is 35.2. The van der Waals surface area contributed by atoms with Crippen molar-refractivity contribution >= 4 is 29.7 Å². The Hall–Kier alpha value is -8.16. The highest BCUT2D eigenvalue weighted by Crippen LogP contribution is 2.50. The molecule has 0 saturated carbocycles. The number of carbonyl (C=O) groups is 2. The summed E-state index contributed by atoms with van der Waals surface area (Å²) < 4.78 is 40.7. The second-order valence-electron chi connectivity index (χ2n) is 21.4. The molecule has 85 heavy (non-hydrogen) atoms. The number of methoxy groups -OCH3 is 6. The third kappa shape index (κ3) is 20.6. The molecule has 0 bridgehead atoms. The third-order valence-electron chi connectivity index (χ3n) is 15.2. The quantitative estimate of drug-likeness (QED) is 0.0207. The van der Waals surface area contributed by atoms with Crippen LogP contribution in [0.25, 0.3) is 11.1 Å². The fourth-order valence-electron chi connectivity index (χ4n) is 10.6. The van der Waals surface area contributed by atoms with Gasteiger partial charge in [-0.1, -0.05) is 113 Å². The molecule has 1 aliphatic rings. The summed E-state index contributed by atoms with van der Waals surface area (Å²) in [5, 5.41) is 21.8. The highest BCUT2D eigenvalue weighted by Gasteiger charge is 2.30. The minimum Gasteiger partial charge on any atom is -0.497 e. The lowest BCUT2D eigenvalue weighted by molar-refractivity contribution is -0.143. The van der Waals surface area contributed by atoms with E-state index in [2.05, 4.69) is 52.7 Å². The minimum atomic E-state index is -0.402. The number of carbonyl (C=O) groups excluding carboxylic acids is 2. The first kappa shape index (κ1) is 64.4. The molecule has 0 aliphatic heterocycles. The number of unbranched alkanes of at least 4 members (excludes halogenated alkanes) is 14. The molecule has 0 saturated heterocycles. The van der Waals surface area contributed by atoms with Gasteiger partial charge >= 0.3 is 5.97 Å². The van der Waals surface area contributed by atoms with E-state index in [-0.39, 0.29) is 29.7 Å². The fourth-order valence-corrected chi connectivity index (χ4v) is 10.6. The molecule has 1 amide bonds. The van der Waals surface area contributed by atoms with Crippen molar-refractivity contribution in [2.45, 2.75) is 161 Å². The number of anilines is 3. The largest absolute Gasteiger partial charge is 0.497 e. The number of hydrogen-bond acceptors (Lipinski definition) is 18. The van der Waals surface area contributed by atoms with Crippen LogP contribution >= 0.6 is 0 Å². The molecule has 20 nitrogen and oxygen atoms in total. The van der Waals surface area contributed by atoms with E-state index in [1.807, 2.05) is 65.3 Å². The number of amides is 1. The van der Waals surface area contributed by atoms with Gasteiger partial charge in [0.15, 0.2) is 17.2 Å². The summed E-state index contributed by atoms with van der Waals surface area (Å²) in [6.45, 7) is 2.34. The highest BCUT2D eigenvalue weighted by molar-refractivity contribution is 5.84. The van der Waals surface area contributed by atoms with E-state index < -0.39 is 6.04 Å². The number of rotatable bonds is 39. The summed E-state index contributed by atoms with van der Waals surface area (Å²) in [6.07, 6.45) is 22.8. The van der Waals surface area contributed by atoms with Gasteiger partial charge in [0.25, 0.3) is 0 Å². The Bertz CT molecular complexity index is 3000. The molecular weight excluding hydrogens is 1080 g/mol. The van der Waals surface area contributed by atoms with Crippen molar-refractivity contribution in [1.82, 2.24) is 35.3 Å². The molecule has 458 valence electrons. The first-order valence-electron chi connectivity index (χ1n) is 30.2. The van der Waals surface area contributed by atoms with Gasteiger partial charge in [0.05, 0.1) is 60.9 Å². The van der Waals surface area contributed by atoms with Crippen LogP contribution in [0.3, 0.4) is 0 Å². The van der Waals surface area contributed by atoms with E-state index in [9.17, 15) is 14.4 Å². The van der Waals surface area contributed by atoms with Crippen molar-refractivity contribution in [2.75, 3.05) is 71.8 Å². The molecule has 6 aromatic rings. The zero-order valence-corrected chi connectivity index (χ0v) is 50.7. The maximum atomic E-state index is 13.4. The summed E-state index contributed by atoms with van der Waals surface area (Å²) >= 11 is 0. The number of hydrogen-bond donors (Lipinski definition) is 4. The van der Waals surface area contributed by atoms with Crippen molar-refractivity contribution in [3.05, 3.63) is 117 Å². The molecule has 4 N–H and O–H groups in total. The second-order valence-corrected chi connectivity index (χ2v) is 21.4. The molecule has 0 fully saturated rings. The SMILES string of the molecule is COc1ccc(CNc2nc(NCCOC(=O)CCCCCCCCCCCCCCCc3cn(CCCCCC(=O)N[C@H]4CCc5cc(OC)c(OC)c(OC)c5-c5ccc(OC)c(=O)cc54)nn3)nc(NCc3ccc(OC)cc3)n2)cc1. The Morgan fingerprint density at radius 2 is 1.13 bits per heavy atom. The van der Waals surface area contributed by atoms with E-state index in [4.69, 9.17) is 33.2 Å². The summed E-state index contributed by atoms with van der Waals surface area (Å²) in [7, 11) is 9.49. The Balaban J connectivity index is 0.681. The average Bonchev–Trinajstić information content (AvgIpc) is 2.24. The fraction of sp³-hybridized carbons (Fsp3) is 0.508. The maximum Gasteiger partial charge on any atom is 0.305 e. The van der Waals surface area contributed by atoms with Gasteiger partial charge in [-0.05, 0) is 115 Å². The lowest BCUT2D eigenvalue weighted by atomic mass is 9.95. The number of benzene rings is 3. The molecule has 1 atom stereocenters. The normalized spacial score (nSPS) is 12.5. The monoisotopic (exact) mass is 1170 g/mol. The molecule has 0 radical (unpaired) electrons. The van der Waals surface area contributed by atoms with Crippen molar-refractivity contribution in [2.24, 2.45) is 0 Å². The molecule has 2 aromatic heterocycles. The molecular formula is C65H88N10O10.